The summed E-state index contributed by atoms with van der Waals surface area (Å²) in [7, 11) is 0. The lowest BCUT2D eigenvalue weighted by Crippen LogP contribution is -3.14. The number of hydrogen-bond acceptors (Lipinski definition) is 0. The summed E-state index contributed by atoms with van der Waals surface area (Å²) in [4.78, 5) is 1.91. The van der Waals surface area contributed by atoms with Crippen LogP contribution in [0.15, 0.2) is 0 Å². The van der Waals surface area contributed by atoms with E-state index < -0.39 is 0 Å². The van der Waals surface area contributed by atoms with Gasteiger partial charge in [0.05, 0.1) is 19.6 Å². The van der Waals surface area contributed by atoms with Gasteiger partial charge < -0.3 is 4.90 Å². The molecule has 0 spiro atoms. The van der Waals surface area contributed by atoms with Crippen molar-refractivity contribution in [1.29, 1.82) is 0 Å². The molecular formula is C13H26N+. The van der Waals surface area contributed by atoms with E-state index in [1.807, 2.05) is 4.90 Å². The first-order valence-electron chi connectivity index (χ1n) is 6.73. The summed E-state index contributed by atoms with van der Waals surface area (Å²) in [6.45, 7) is 6.73. The van der Waals surface area contributed by atoms with Crippen molar-refractivity contribution >= 4 is 0 Å². The first-order valence-corrected chi connectivity index (χ1v) is 6.73. The van der Waals surface area contributed by atoms with E-state index in [1.54, 1.807) is 12.8 Å². The summed E-state index contributed by atoms with van der Waals surface area (Å²) in [5.41, 5.74) is 0. The molecule has 0 amide bonds. The van der Waals surface area contributed by atoms with Crippen molar-refractivity contribution in [3.05, 3.63) is 0 Å². The van der Waals surface area contributed by atoms with Crippen molar-refractivity contribution in [3.8, 4) is 0 Å². The third-order valence-corrected chi connectivity index (χ3v) is 4.37. The molecule has 0 aromatic heterocycles. The maximum Gasteiger partial charge on any atom is 0.0802 e. The number of nitrogens with one attached hydrogen (secondary N) is 1. The fourth-order valence-electron chi connectivity index (χ4n) is 3.45. The van der Waals surface area contributed by atoms with Crippen LogP contribution in [0.3, 0.4) is 0 Å². The van der Waals surface area contributed by atoms with Crippen LogP contribution in [-0.4, -0.2) is 19.6 Å². The van der Waals surface area contributed by atoms with Crippen molar-refractivity contribution < 1.29 is 4.90 Å². The highest BCUT2D eigenvalue weighted by atomic mass is 15.1. The van der Waals surface area contributed by atoms with Gasteiger partial charge in [0.25, 0.3) is 0 Å². The molecule has 0 aromatic carbocycles. The summed E-state index contributed by atoms with van der Waals surface area (Å²) >= 11 is 0. The van der Waals surface area contributed by atoms with Crippen LogP contribution in [0.2, 0.25) is 0 Å². The topological polar surface area (TPSA) is 4.44 Å². The van der Waals surface area contributed by atoms with Gasteiger partial charge in [-0.05, 0) is 31.6 Å². The molecule has 0 bridgehead atoms. The Morgan fingerprint density at radius 3 is 2.64 bits per heavy atom. The largest absolute Gasteiger partial charge is 0.335 e. The van der Waals surface area contributed by atoms with Crippen LogP contribution >= 0.6 is 0 Å². The number of rotatable bonds is 3. The predicted molar refractivity (Wildman–Crippen MR) is 60.5 cm³/mol. The fraction of sp³-hybridized carbons (Fsp3) is 1.00. The van der Waals surface area contributed by atoms with Crippen LogP contribution in [0, 0.1) is 11.8 Å². The van der Waals surface area contributed by atoms with Crippen LogP contribution in [0.4, 0.5) is 0 Å². The van der Waals surface area contributed by atoms with Crippen LogP contribution in [0.1, 0.15) is 51.9 Å². The molecule has 1 saturated heterocycles. The van der Waals surface area contributed by atoms with Gasteiger partial charge in [-0.15, -0.1) is 0 Å². The van der Waals surface area contributed by atoms with Crippen LogP contribution in [-0.2, 0) is 0 Å². The monoisotopic (exact) mass is 196 g/mol. The molecule has 2 rings (SSSR count). The molecule has 1 N–H and O–H groups in total. The molecule has 1 aliphatic carbocycles. The lowest BCUT2D eigenvalue weighted by Gasteiger charge is -2.38. The highest BCUT2D eigenvalue weighted by Gasteiger charge is 2.32. The summed E-state index contributed by atoms with van der Waals surface area (Å²) in [6.07, 6.45) is 10.5. The molecule has 2 aliphatic rings. The van der Waals surface area contributed by atoms with E-state index in [1.165, 1.54) is 51.7 Å². The van der Waals surface area contributed by atoms with E-state index in [4.69, 9.17) is 0 Å². The Bertz CT molecular complexity index is 167. The van der Waals surface area contributed by atoms with Crippen LogP contribution in [0.25, 0.3) is 0 Å². The maximum absolute atomic E-state index is 2.31. The Balaban J connectivity index is 1.77. The predicted octanol–water partition coefficient (Wildman–Crippen LogP) is 1.88. The highest BCUT2D eigenvalue weighted by Crippen LogP contribution is 2.32. The lowest BCUT2D eigenvalue weighted by atomic mass is 9.75. The average molecular weight is 196 g/mol. The van der Waals surface area contributed by atoms with E-state index >= 15 is 0 Å². The number of piperidine rings is 1. The molecule has 1 aliphatic heterocycles. The van der Waals surface area contributed by atoms with Crippen molar-refractivity contribution in [2.75, 3.05) is 19.6 Å². The van der Waals surface area contributed by atoms with Crippen molar-refractivity contribution in [1.82, 2.24) is 0 Å². The maximum atomic E-state index is 2.31. The van der Waals surface area contributed by atoms with E-state index in [0.717, 1.165) is 11.8 Å². The smallest absolute Gasteiger partial charge is 0.0802 e. The molecule has 1 nitrogen and oxygen atoms in total. The second kappa shape index (κ2) is 5.16. The average Bonchev–Trinajstić information content (AvgIpc) is 2.26. The van der Waals surface area contributed by atoms with Gasteiger partial charge in [-0.3, -0.25) is 0 Å². The van der Waals surface area contributed by atoms with Crippen molar-refractivity contribution in [2.45, 2.75) is 51.9 Å². The van der Waals surface area contributed by atoms with Gasteiger partial charge in [0.1, 0.15) is 0 Å². The van der Waals surface area contributed by atoms with Gasteiger partial charge in [0, 0.05) is 5.92 Å². The SMILES string of the molecule is CCCC[NH+]1CCC2CCCCC2C1. The Hall–Kier alpha value is -0.0400. The zero-order valence-corrected chi connectivity index (χ0v) is 9.73. The summed E-state index contributed by atoms with van der Waals surface area (Å²) < 4.78 is 0. The number of hydrogen-bond donors (Lipinski definition) is 1. The van der Waals surface area contributed by atoms with Gasteiger partial charge in [0.2, 0.25) is 0 Å². The van der Waals surface area contributed by atoms with E-state index in [2.05, 4.69) is 6.92 Å². The third-order valence-electron chi connectivity index (χ3n) is 4.37. The molecular weight excluding hydrogens is 170 g/mol. The third kappa shape index (κ3) is 2.50. The Kier molecular flexibility index (Phi) is 3.86. The van der Waals surface area contributed by atoms with E-state index in [-0.39, 0.29) is 0 Å². The number of likely N-dealkylation sites (tertiary alicyclic amines) is 1. The Labute approximate surface area is 88.9 Å². The molecule has 0 aromatic rings. The van der Waals surface area contributed by atoms with Crippen LogP contribution < -0.4 is 4.90 Å². The number of unbranched alkanes of at least 4 members (excludes halogenated alkanes) is 1. The van der Waals surface area contributed by atoms with Crippen molar-refractivity contribution in [3.63, 3.8) is 0 Å². The van der Waals surface area contributed by atoms with Gasteiger partial charge in [-0.1, -0.05) is 26.2 Å². The summed E-state index contributed by atoms with van der Waals surface area (Å²) in [5, 5.41) is 0. The Morgan fingerprint density at radius 1 is 1.07 bits per heavy atom. The number of quaternary nitrogens is 1. The minimum absolute atomic E-state index is 1.10. The molecule has 14 heavy (non-hydrogen) atoms. The zero-order chi connectivity index (χ0) is 9.80. The number of fused-ring (bicyclic) bond motifs is 1. The molecule has 1 saturated carbocycles. The first kappa shape index (κ1) is 10.5. The quantitative estimate of drug-likeness (QED) is 0.703. The van der Waals surface area contributed by atoms with E-state index in [0.29, 0.717) is 0 Å². The normalized spacial score (nSPS) is 37.9. The van der Waals surface area contributed by atoms with Gasteiger partial charge >= 0.3 is 0 Å². The minimum atomic E-state index is 1.10. The zero-order valence-electron chi connectivity index (χ0n) is 9.73. The fourth-order valence-corrected chi connectivity index (χ4v) is 3.45. The van der Waals surface area contributed by atoms with Crippen molar-refractivity contribution in [2.24, 2.45) is 11.8 Å². The van der Waals surface area contributed by atoms with Gasteiger partial charge in [0.15, 0.2) is 0 Å². The van der Waals surface area contributed by atoms with Crippen LogP contribution in [0.5, 0.6) is 0 Å². The highest BCUT2D eigenvalue weighted by molar-refractivity contribution is 4.76. The second-order valence-electron chi connectivity index (χ2n) is 5.40. The molecule has 82 valence electrons. The lowest BCUT2D eigenvalue weighted by molar-refractivity contribution is -0.910. The van der Waals surface area contributed by atoms with Gasteiger partial charge in [-0.2, -0.15) is 0 Å². The molecule has 1 heterocycles. The standard InChI is InChI=1S/C13H25N/c1-2-3-9-14-10-8-12-6-4-5-7-13(12)11-14/h12-13H,2-11H2,1H3/p+1. The van der Waals surface area contributed by atoms with Gasteiger partial charge in [-0.25, -0.2) is 0 Å². The molecule has 0 radical (unpaired) electrons. The summed E-state index contributed by atoms with van der Waals surface area (Å²) in [6, 6.07) is 0. The molecule has 3 unspecified atom stereocenters. The molecule has 1 heteroatoms. The minimum Gasteiger partial charge on any atom is -0.335 e. The molecule has 3 atom stereocenters. The Morgan fingerprint density at radius 2 is 1.86 bits per heavy atom. The molecule has 2 fully saturated rings. The van der Waals surface area contributed by atoms with E-state index in [9.17, 15) is 0 Å². The first-order chi connectivity index (χ1) is 6.90. The summed E-state index contributed by atoms with van der Waals surface area (Å²) in [5.74, 6) is 2.22. The second-order valence-corrected chi connectivity index (χ2v) is 5.40.